The highest BCUT2D eigenvalue weighted by Gasteiger charge is 2.38. The van der Waals surface area contributed by atoms with Crippen molar-refractivity contribution in [2.45, 2.75) is 51.4 Å². The van der Waals surface area contributed by atoms with Gasteiger partial charge >= 0.3 is 0 Å². The van der Waals surface area contributed by atoms with E-state index in [0.717, 1.165) is 29.8 Å². The first-order valence-electron chi connectivity index (χ1n) is 7.80. The van der Waals surface area contributed by atoms with Crippen molar-refractivity contribution in [1.29, 1.82) is 0 Å². The van der Waals surface area contributed by atoms with Crippen molar-refractivity contribution in [2.75, 3.05) is 13.1 Å². The van der Waals surface area contributed by atoms with Gasteiger partial charge in [-0.1, -0.05) is 12.1 Å². The summed E-state index contributed by atoms with van der Waals surface area (Å²) in [6.45, 7) is 5.98. The van der Waals surface area contributed by atoms with E-state index in [0.29, 0.717) is 0 Å². The van der Waals surface area contributed by atoms with Crippen LogP contribution in [0.2, 0.25) is 0 Å². The van der Waals surface area contributed by atoms with Crippen molar-refractivity contribution < 1.29 is 9.84 Å². The molecule has 1 aromatic carbocycles. The Labute approximate surface area is 121 Å². The van der Waals surface area contributed by atoms with Crippen molar-refractivity contribution in [3.05, 3.63) is 29.8 Å². The van der Waals surface area contributed by atoms with Gasteiger partial charge < -0.3 is 9.84 Å². The Morgan fingerprint density at radius 2 is 2.00 bits per heavy atom. The minimum Gasteiger partial charge on any atom is -0.491 e. The number of hydrogen-bond acceptors (Lipinski definition) is 3. The monoisotopic (exact) mass is 275 g/mol. The van der Waals surface area contributed by atoms with Gasteiger partial charge in [-0.3, -0.25) is 4.90 Å². The molecule has 3 nitrogen and oxygen atoms in total. The van der Waals surface area contributed by atoms with Crippen molar-refractivity contribution in [3.8, 4) is 5.75 Å². The van der Waals surface area contributed by atoms with Crippen molar-refractivity contribution in [2.24, 2.45) is 5.92 Å². The summed E-state index contributed by atoms with van der Waals surface area (Å²) in [5.41, 5.74) is 0.990. The molecule has 0 spiro atoms. The number of aliphatic hydroxyl groups excluding tert-OH is 1. The van der Waals surface area contributed by atoms with Gasteiger partial charge in [0.15, 0.2) is 0 Å². The number of nitrogens with zero attached hydrogens (tertiary/aromatic N) is 1. The lowest BCUT2D eigenvalue weighted by molar-refractivity contribution is 0.0946. The minimum absolute atomic E-state index is 0.186. The lowest BCUT2D eigenvalue weighted by Gasteiger charge is -2.29. The van der Waals surface area contributed by atoms with E-state index in [-0.39, 0.29) is 12.2 Å². The second-order valence-corrected chi connectivity index (χ2v) is 6.54. The third-order valence-corrected chi connectivity index (χ3v) is 4.57. The molecular weight excluding hydrogens is 250 g/mol. The normalized spacial score (nSPS) is 27.2. The quantitative estimate of drug-likeness (QED) is 0.896. The molecule has 1 aliphatic carbocycles. The molecule has 1 saturated heterocycles. The summed E-state index contributed by atoms with van der Waals surface area (Å²) in [5.74, 6) is 1.75. The van der Waals surface area contributed by atoms with E-state index < -0.39 is 0 Å². The minimum atomic E-state index is -0.387. The molecule has 3 unspecified atom stereocenters. The Bertz CT molecular complexity index is 443. The first kappa shape index (κ1) is 13.9. The fourth-order valence-electron chi connectivity index (χ4n) is 3.62. The summed E-state index contributed by atoms with van der Waals surface area (Å²) in [6, 6.07) is 8.59. The SMILES string of the molecule is CC(C)Oc1ccc(C(O)CN2CC3CCC2C3)cc1. The van der Waals surface area contributed by atoms with Gasteiger partial charge in [0.25, 0.3) is 0 Å². The molecule has 1 saturated carbocycles. The molecule has 0 aromatic heterocycles. The van der Waals surface area contributed by atoms with Gasteiger partial charge in [-0.15, -0.1) is 0 Å². The maximum Gasteiger partial charge on any atom is 0.119 e. The lowest BCUT2D eigenvalue weighted by Crippen LogP contribution is -2.35. The van der Waals surface area contributed by atoms with Crippen LogP contribution in [-0.2, 0) is 0 Å². The van der Waals surface area contributed by atoms with Gasteiger partial charge in [0.2, 0.25) is 0 Å². The fourth-order valence-corrected chi connectivity index (χ4v) is 3.62. The molecule has 1 aliphatic heterocycles. The van der Waals surface area contributed by atoms with Crippen LogP contribution in [0.25, 0.3) is 0 Å². The molecule has 20 heavy (non-hydrogen) atoms. The molecule has 3 rings (SSSR count). The van der Waals surface area contributed by atoms with Crippen LogP contribution in [-0.4, -0.2) is 35.2 Å². The Kier molecular flexibility index (Phi) is 3.99. The third kappa shape index (κ3) is 2.99. The molecular formula is C17H25NO2. The van der Waals surface area contributed by atoms with Crippen LogP contribution in [0.4, 0.5) is 0 Å². The molecule has 1 heterocycles. The maximum atomic E-state index is 10.4. The molecule has 3 atom stereocenters. The molecule has 2 fully saturated rings. The van der Waals surface area contributed by atoms with Gasteiger partial charge in [-0.25, -0.2) is 0 Å². The molecule has 3 heteroatoms. The average Bonchev–Trinajstić information content (AvgIpc) is 3.01. The van der Waals surface area contributed by atoms with E-state index in [9.17, 15) is 5.11 Å². The third-order valence-electron chi connectivity index (χ3n) is 4.57. The van der Waals surface area contributed by atoms with Crippen LogP contribution in [0.1, 0.15) is 44.8 Å². The first-order chi connectivity index (χ1) is 9.61. The number of rotatable bonds is 5. The van der Waals surface area contributed by atoms with E-state index in [1.165, 1.54) is 25.8 Å². The molecule has 2 aliphatic rings. The van der Waals surface area contributed by atoms with Crippen molar-refractivity contribution >= 4 is 0 Å². The van der Waals surface area contributed by atoms with Crippen LogP contribution in [0.5, 0.6) is 5.75 Å². The second-order valence-electron chi connectivity index (χ2n) is 6.54. The van der Waals surface area contributed by atoms with Crippen LogP contribution in [0.3, 0.4) is 0 Å². The number of piperidine rings is 1. The van der Waals surface area contributed by atoms with E-state index in [1.54, 1.807) is 0 Å². The predicted octanol–water partition coefficient (Wildman–Crippen LogP) is 2.99. The predicted molar refractivity (Wildman–Crippen MR) is 79.9 cm³/mol. The van der Waals surface area contributed by atoms with Crippen LogP contribution in [0.15, 0.2) is 24.3 Å². The summed E-state index contributed by atoms with van der Waals surface area (Å²) >= 11 is 0. The number of fused-ring (bicyclic) bond motifs is 2. The number of benzene rings is 1. The zero-order chi connectivity index (χ0) is 14.1. The zero-order valence-corrected chi connectivity index (χ0v) is 12.5. The smallest absolute Gasteiger partial charge is 0.119 e. The number of ether oxygens (including phenoxy) is 1. The highest BCUT2D eigenvalue weighted by molar-refractivity contribution is 5.28. The van der Waals surface area contributed by atoms with Crippen LogP contribution < -0.4 is 4.74 Å². The van der Waals surface area contributed by atoms with Crippen LogP contribution in [0, 0.1) is 5.92 Å². The lowest BCUT2D eigenvalue weighted by atomic mass is 10.1. The number of β-amino-alcohol motifs (C(OH)–C–C–N with tert-alkyl or cyclic N) is 1. The van der Waals surface area contributed by atoms with E-state index in [1.807, 2.05) is 38.1 Å². The molecule has 110 valence electrons. The second kappa shape index (κ2) is 5.74. The Balaban J connectivity index is 1.58. The van der Waals surface area contributed by atoms with Gasteiger partial charge in [-0.05, 0) is 56.7 Å². The summed E-state index contributed by atoms with van der Waals surface area (Å²) in [6.07, 6.45) is 3.85. The number of likely N-dealkylation sites (tertiary alicyclic amines) is 1. The molecule has 2 bridgehead atoms. The first-order valence-corrected chi connectivity index (χ1v) is 7.80. The Morgan fingerprint density at radius 1 is 1.25 bits per heavy atom. The van der Waals surface area contributed by atoms with Crippen molar-refractivity contribution in [1.82, 2.24) is 4.90 Å². The van der Waals surface area contributed by atoms with Gasteiger partial charge in [0.05, 0.1) is 12.2 Å². The van der Waals surface area contributed by atoms with Gasteiger partial charge in [-0.2, -0.15) is 0 Å². The Hall–Kier alpha value is -1.06. The van der Waals surface area contributed by atoms with E-state index in [4.69, 9.17) is 4.74 Å². The van der Waals surface area contributed by atoms with E-state index in [2.05, 4.69) is 4.90 Å². The van der Waals surface area contributed by atoms with E-state index >= 15 is 0 Å². The molecule has 1 aromatic rings. The summed E-state index contributed by atoms with van der Waals surface area (Å²) in [5, 5.41) is 10.4. The largest absolute Gasteiger partial charge is 0.491 e. The fraction of sp³-hybridized carbons (Fsp3) is 0.647. The van der Waals surface area contributed by atoms with Crippen molar-refractivity contribution in [3.63, 3.8) is 0 Å². The highest BCUT2D eigenvalue weighted by Crippen LogP contribution is 2.38. The number of aliphatic hydroxyl groups is 1. The maximum absolute atomic E-state index is 10.4. The molecule has 1 N–H and O–H groups in total. The Morgan fingerprint density at radius 3 is 2.55 bits per heavy atom. The molecule has 0 radical (unpaired) electrons. The van der Waals surface area contributed by atoms with Gasteiger partial charge in [0.1, 0.15) is 5.75 Å². The molecule has 0 amide bonds. The topological polar surface area (TPSA) is 32.7 Å². The zero-order valence-electron chi connectivity index (χ0n) is 12.5. The van der Waals surface area contributed by atoms with Gasteiger partial charge in [0, 0.05) is 19.1 Å². The summed E-state index contributed by atoms with van der Waals surface area (Å²) in [7, 11) is 0. The summed E-state index contributed by atoms with van der Waals surface area (Å²) in [4.78, 5) is 2.47. The van der Waals surface area contributed by atoms with Crippen LogP contribution >= 0.6 is 0 Å². The standard InChI is InChI=1S/C17H25NO2/c1-12(2)20-16-7-4-14(5-8-16)17(19)11-18-10-13-3-6-15(18)9-13/h4-5,7-8,12-13,15,17,19H,3,6,9-11H2,1-2H3. The highest BCUT2D eigenvalue weighted by atomic mass is 16.5. The number of hydrogen-bond donors (Lipinski definition) is 1. The average molecular weight is 275 g/mol. The summed E-state index contributed by atoms with van der Waals surface area (Å²) < 4.78 is 5.63.